The number of amides is 4. The summed E-state index contributed by atoms with van der Waals surface area (Å²) in [4.78, 5) is 55.5. The molecular weight excluding hydrogens is 460 g/mol. The first kappa shape index (κ1) is 25.4. The third-order valence-corrected chi connectivity index (χ3v) is 7.40. The number of rotatable bonds is 8. The van der Waals surface area contributed by atoms with Crippen LogP contribution < -0.4 is 15.5 Å². The standard InChI is InChI=1S/C26H34N6O4/c1-5-15(2)22(31(4)16(3)33)25(35)29-20-10-9-17-7-6-8-18-13-21(32(23(17)18)26(20)36)24(34)27-14-19-11-12-28-30-19/h6-8,11-12,15,20-22H,5,9-10,13-14H2,1-4H3,(H,27,34)(H,28,30)(H,29,35)/t15-,20-,21-,22-/m0/s1. The summed E-state index contributed by atoms with van der Waals surface area (Å²) in [5.41, 5.74) is 3.47. The monoisotopic (exact) mass is 494 g/mol. The van der Waals surface area contributed by atoms with Gasteiger partial charge in [0, 0.05) is 26.6 Å². The van der Waals surface area contributed by atoms with Crippen molar-refractivity contribution in [3.8, 4) is 0 Å². The second-order valence-electron chi connectivity index (χ2n) is 9.71. The summed E-state index contributed by atoms with van der Waals surface area (Å²) in [5.74, 6) is -1.22. The van der Waals surface area contributed by atoms with E-state index in [1.54, 1.807) is 24.2 Å². The van der Waals surface area contributed by atoms with Gasteiger partial charge in [0.25, 0.3) is 0 Å². The number of carbonyl (C=O) groups excluding carboxylic acids is 4. The molecule has 4 amide bonds. The van der Waals surface area contributed by atoms with E-state index in [0.717, 1.165) is 22.5 Å². The Bertz CT molecular complexity index is 1150. The first-order valence-corrected chi connectivity index (χ1v) is 12.5. The molecule has 0 saturated carbocycles. The van der Waals surface area contributed by atoms with Crippen molar-refractivity contribution in [1.82, 2.24) is 25.7 Å². The number of hydrogen-bond acceptors (Lipinski definition) is 5. The molecular formula is C26H34N6O4. The molecule has 10 heteroatoms. The maximum atomic E-state index is 13.9. The molecule has 2 aliphatic heterocycles. The smallest absolute Gasteiger partial charge is 0.250 e. The van der Waals surface area contributed by atoms with Gasteiger partial charge in [-0.25, -0.2) is 0 Å². The first-order chi connectivity index (χ1) is 17.2. The van der Waals surface area contributed by atoms with Crippen LogP contribution in [-0.4, -0.2) is 63.9 Å². The lowest BCUT2D eigenvalue weighted by Gasteiger charge is -2.33. The Kier molecular flexibility index (Phi) is 7.42. The van der Waals surface area contributed by atoms with Crippen LogP contribution in [0.2, 0.25) is 0 Å². The summed E-state index contributed by atoms with van der Waals surface area (Å²) in [6, 6.07) is 5.44. The van der Waals surface area contributed by atoms with E-state index in [4.69, 9.17) is 0 Å². The van der Waals surface area contributed by atoms with Gasteiger partial charge in [-0.1, -0.05) is 38.5 Å². The van der Waals surface area contributed by atoms with Crippen LogP contribution in [0.4, 0.5) is 5.69 Å². The predicted molar refractivity (Wildman–Crippen MR) is 134 cm³/mol. The summed E-state index contributed by atoms with van der Waals surface area (Å²) in [6.45, 7) is 5.58. The molecule has 3 heterocycles. The molecule has 0 saturated heterocycles. The van der Waals surface area contributed by atoms with Crippen molar-refractivity contribution < 1.29 is 19.2 Å². The molecule has 0 radical (unpaired) electrons. The maximum Gasteiger partial charge on any atom is 0.250 e. The van der Waals surface area contributed by atoms with Gasteiger partial charge in [0.15, 0.2) is 0 Å². The van der Waals surface area contributed by atoms with Crippen LogP contribution in [0.1, 0.15) is 50.4 Å². The topological polar surface area (TPSA) is 128 Å². The highest BCUT2D eigenvalue weighted by molar-refractivity contribution is 6.08. The number of aryl methyl sites for hydroxylation is 1. The fourth-order valence-corrected chi connectivity index (χ4v) is 5.15. The summed E-state index contributed by atoms with van der Waals surface area (Å²) in [7, 11) is 1.61. The molecule has 36 heavy (non-hydrogen) atoms. The van der Waals surface area contributed by atoms with Crippen LogP contribution in [-0.2, 0) is 38.6 Å². The number of aromatic amines is 1. The molecule has 1 aromatic carbocycles. The number of likely N-dealkylation sites (N-methyl/N-ethyl adjacent to an activating group) is 1. The van der Waals surface area contributed by atoms with Crippen molar-refractivity contribution in [2.24, 2.45) is 5.92 Å². The van der Waals surface area contributed by atoms with Crippen molar-refractivity contribution in [3.05, 3.63) is 47.3 Å². The van der Waals surface area contributed by atoms with Gasteiger partial charge in [0.1, 0.15) is 18.1 Å². The highest BCUT2D eigenvalue weighted by Gasteiger charge is 2.44. The van der Waals surface area contributed by atoms with Gasteiger partial charge < -0.3 is 15.5 Å². The lowest BCUT2D eigenvalue weighted by molar-refractivity contribution is -0.140. The molecule has 0 aliphatic carbocycles. The molecule has 2 aliphatic rings. The van der Waals surface area contributed by atoms with Crippen LogP contribution in [0.5, 0.6) is 0 Å². The Morgan fingerprint density at radius 3 is 2.67 bits per heavy atom. The fraction of sp³-hybridized carbons (Fsp3) is 0.500. The third kappa shape index (κ3) is 4.84. The molecule has 0 unspecified atom stereocenters. The highest BCUT2D eigenvalue weighted by atomic mass is 16.2. The molecule has 0 fully saturated rings. The molecule has 10 nitrogen and oxygen atoms in total. The van der Waals surface area contributed by atoms with E-state index in [1.807, 2.05) is 32.0 Å². The minimum absolute atomic E-state index is 0.0867. The zero-order valence-corrected chi connectivity index (χ0v) is 21.2. The SMILES string of the molecule is CC[C@H](C)[C@@H](C(=O)N[C@H]1CCc2cccc3c2N(C1=O)[C@H](C(=O)NCc1ccn[nH]1)C3)N(C)C(C)=O. The molecule has 4 atom stereocenters. The number of nitrogens with one attached hydrogen (secondary N) is 3. The number of anilines is 1. The number of benzene rings is 1. The lowest BCUT2D eigenvalue weighted by atomic mass is 9.96. The number of nitrogens with zero attached hydrogens (tertiary/aromatic N) is 3. The Morgan fingerprint density at radius 1 is 1.25 bits per heavy atom. The summed E-state index contributed by atoms with van der Waals surface area (Å²) in [6.07, 6.45) is 3.73. The highest BCUT2D eigenvalue weighted by Crippen LogP contribution is 2.39. The Balaban J connectivity index is 1.58. The number of carbonyl (C=O) groups is 4. The molecule has 192 valence electrons. The van der Waals surface area contributed by atoms with E-state index in [2.05, 4.69) is 20.8 Å². The van der Waals surface area contributed by atoms with Gasteiger partial charge in [-0.05, 0) is 36.0 Å². The molecule has 0 spiro atoms. The van der Waals surface area contributed by atoms with E-state index in [-0.39, 0.29) is 36.1 Å². The molecule has 2 aromatic rings. The van der Waals surface area contributed by atoms with E-state index in [1.165, 1.54) is 11.8 Å². The average molecular weight is 495 g/mol. The van der Waals surface area contributed by atoms with Gasteiger partial charge in [-0.15, -0.1) is 0 Å². The Labute approximate surface area is 210 Å². The van der Waals surface area contributed by atoms with Crippen LogP contribution in [0.15, 0.2) is 30.5 Å². The number of hydrogen-bond donors (Lipinski definition) is 3. The quantitative estimate of drug-likeness (QED) is 0.510. The van der Waals surface area contributed by atoms with Crippen LogP contribution in [0, 0.1) is 5.92 Å². The summed E-state index contributed by atoms with van der Waals surface area (Å²) in [5, 5.41) is 12.5. The Hall–Kier alpha value is -3.69. The van der Waals surface area contributed by atoms with E-state index < -0.39 is 18.1 Å². The molecule has 4 rings (SSSR count). The number of aromatic nitrogens is 2. The Morgan fingerprint density at radius 2 is 2.00 bits per heavy atom. The second-order valence-corrected chi connectivity index (χ2v) is 9.71. The lowest BCUT2D eigenvalue weighted by Crippen LogP contribution is -2.58. The van der Waals surface area contributed by atoms with E-state index >= 15 is 0 Å². The van der Waals surface area contributed by atoms with E-state index in [9.17, 15) is 19.2 Å². The van der Waals surface area contributed by atoms with Crippen molar-refractivity contribution in [1.29, 1.82) is 0 Å². The van der Waals surface area contributed by atoms with Crippen LogP contribution in [0.3, 0.4) is 0 Å². The molecule has 1 aromatic heterocycles. The van der Waals surface area contributed by atoms with E-state index in [0.29, 0.717) is 25.7 Å². The van der Waals surface area contributed by atoms with Gasteiger partial charge in [0.2, 0.25) is 23.6 Å². The number of para-hydroxylation sites is 1. The normalized spacial score (nSPS) is 20.2. The van der Waals surface area contributed by atoms with Crippen LogP contribution in [0.25, 0.3) is 0 Å². The van der Waals surface area contributed by atoms with Gasteiger partial charge in [0.05, 0.1) is 17.9 Å². The van der Waals surface area contributed by atoms with Crippen molar-refractivity contribution in [3.63, 3.8) is 0 Å². The summed E-state index contributed by atoms with van der Waals surface area (Å²) < 4.78 is 0. The zero-order chi connectivity index (χ0) is 26.0. The largest absolute Gasteiger partial charge is 0.349 e. The average Bonchev–Trinajstić information content (AvgIpc) is 3.49. The minimum atomic E-state index is -0.800. The third-order valence-electron chi connectivity index (χ3n) is 7.40. The van der Waals surface area contributed by atoms with Gasteiger partial charge >= 0.3 is 0 Å². The van der Waals surface area contributed by atoms with Gasteiger partial charge in [-0.2, -0.15) is 5.10 Å². The van der Waals surface area contributed by atoms with Crippen molar-refractivity contribution in [2.45, 2.75) is 71.1 Å². The minimum Gasteiger partial charge on any atom is -0.349 e. The number of H-pyrrole nitrogens is 1. The maximum absolute atomic E-state index is 13.9. The fourth-order valence-electron chi connectivity index (χ4n) is 5.15. The van der Waals surface area contributed by atoms with Crippen LogP contribution >= 0.6 is 0 Å². The van der Waals surface area contributed by atoms with Crippen molar-refractivity contribution >= 4 is 29.3 Å². The van der Waals surface area contributed by atoms with Crippen molar-refractivity contribution in [2.75, 3.05) is 11.9 Å². The predicted octanol–water partition coefficient (Wildman–Crippen LogP) is 1.31. The summed E-state index contributed by atoms with van der Waals surface area (Å²) >= 11 is 0. The zero-order valence-electron chi connectivity index (χ0n) is 21.2. The first-order valence-electron chi connectivity index (χ1n) is 12.5. The molecule has 3 N–H and O–H groups in total. The van der Waals surface area contributed by atoms with Gasteiger partial charge in [-0.3, -0.25) is 29.2 Å². The second kappa shape index (κ2) is 10.5. The molecule has 0 bridgehead atoms.